The number of anilines is 1. The number of aliphatic imine (C=N–C) groups is 1. The Morgan fingerprint density at radius 1 is 1.17 bits per heavy atom. The minimum atomic E-state index is -0.258. The molecule has 7 nitrogen and oxygen atoms in total. The summed E-state index contributed by atoms with van der Waals surface area (Å²) in [5.41, 5.74) is 2.70. The molecule has 1 heterocycles. The topological polar surface area (TPSA) is 92.9 Å². The Morgan fingerprint density at radius 3 is 2.72 bits per heavy atom. The number of halogens is 1. The third-order valence-electron chi connectivity index (χ3n) is 4.20. The SMILES string of the molecule is COCCOCCOc1cc2c(cc1C#N)C(c1ccccc1Cl)=NCC(=O)N2. The van der Waals surface area contributed by atoms with Crippen molar-refractivity contribution in [1.29, 1.82) is 5.26 Å². The monoisotopic (exact) mass is 413 g/mol. The van der Waals surface area contributed by atoms with Crippen molar-refractivity contribution >= 4 is 28.9 Å². The summed E-state index contributed by atoms with van der Waals surface area (Å²) in [6.07, 6.45) is 0. The van der Waals surface area contributed by atoms with E-state index in [1.54, 1.807) is 25.3 Å². The van der Waals surface area contributed by atoms with E-state index in [2.05, 4.69) is 16.4 Å². The van der Waals surface area contributed by atoms with Gasteiger partial charge in [-0.25, -0.2) is 0 Å². The Hall–Kier alpha value is -2.92. The maximum atomic E-state index is 12.1. The van der Waals surface area contributed by atoms with Crippen molar-refractivity contribution in [3.63, 3.8) is 0 Å². The number of rotatable bonds is 8. The Labute approximate surface area is 173 Å². The van der Waals surface area contributed by atoms with Crippen LogP contribution in [0.15, 0.2) is 41.4 Å². The van der Waals surface area contributed by atoms with Gasteiger partial charge in [-0.1, -0.05) is 29.8 Å². The van der Waals surface area contributed by atoms with Crippen LogP contribution in [0, 0.1) is 11.3 Å². The van der Waals surface area contributed by atoms with Crippen LogP contribution in [-0.2, 0) is 14.3 Å². The molecular formula is C21H20ClN3O4. The Kier molecular flexibility index (Phi) is 7.19. The molecule has 1 amide bonds. The molecule has 1 N–H and O–H groups in total. The zero-order chi connectivity index (χ0) is 20.6. The number of benzodiazepines with no additional fused rings is 1. The van der Waals surface area contributed by atoms with Gasteiger partial charge >= 0.3 is 0 Å². The number of hydrogen-bond acceptors (Lipinski definition) is 6. The number of amides is 1. The quantitative estimate of drug-likeness (QED) is 0.671. The third kappa shape index (κ3) is 5.12. The average Bonchev–Trinajstić information content (AvgIpc) is 2.88. The highest BCUT2D eigenvalue weighted by molar-refractivity contribution is 6.36. The number of nitrogens with zero attached hydrogens (tertiary/aromatic N) is 2. The molecule has 0 saturated heterocycles. The molecule has 29 heavy (non-hydrogen) atoms. The molecule has 0 radical (unpaired) electrons. The third-order valence-corrected chi connectivity index (χ3v) is 4.53. The molecule has 0 spiro atoms. The van der Waals surface area contributed by atoms with Gasteiger partial charge in [0.25, 0.3) is 0 Å². The largest absolute Gasteiger partial charge is 0.490 e. The predicted molar refractivity (Wildman–Crippen MR) is 110 cm³/mol. The first-order valence-electron chi connectivity index (χ1n) is 9.01. The molecule has 1 aliphatic rings. The minimum Gasteiger partial charge on any atom is -0.490 e. The van der Waals surface area contributed by atoms with Crippen molar-refractivity contribution in [1.82, 2.24) is 0 Å². The highest BCUT2D eigenvalue weighted by atomic mass is 35.5. The normalized spacial score (nSPS) is 13.0. The molecule has 2 aromatic rings. The maximum absolute atomic E-state index is 12.1. The van der Waals surface area contributed by atoms with Gasteiger partial charge in [0.2, 0.25) is 5.91 Å². The second-order valence-corrected chi connectivity index (χ2v) is 6.56. The van der Waals surface area contributed by atoms with Crippen LogP contribution in [0.5, 0.6) is 5.75 Å². The number of methoxy groups -OCH3 is 1. The van der Waals surface area contributed by atoms with Crippen LogP contribution >= 0.6 is 11.6 Å². The van der Waals surface area contributed by atoms with Gasteiger partial charge in [-0.3, -0.25) is 9.79 Å². The molecule has 0 atom stereocenters. The van der Waals surface area contributed by atoms with Gasteiger partial charge in [-0.05, 0) is 12.1 Å². The fourth-order valence-corrected chi connectivity index (χ4v) is 3.08. The highest BCUT2D eigenvalue weighted by Crippen LogP contribution is 2.32. The molecule has 150 valence electrons. The van der Waals surface area contributed by atoms with E-state index in [0.29, 0.717) is 58.7 Å². The van der Waals surface area contributed by atoms with Crippen molar-refractivity contribution in [3.05, 3.63) is 58.1 Å². The summed E-state index contributed by atoms with van der Waals surface area (Å²) < 4.78 is 16.0. The van der Waals surface area contributed by atoms with Gasteiger partial charge in [0, 0.05) is 29.3 Å². The summed E-state index contributed by atoms with van der Waals surface area (Å²) in [5.74, 6) is 0.106. The second-order valence-electron chi connectivity index (χ2n) is 6.15. The number of benzene rings is 2. The van der Waals surface area contributed by atoms with Crippen molar-refractivity contribution in [2.24, 2.45) is 4.99 Å². The molecule has 0 aliphatic carbocycles. The average molecular weight is 414 g/mol. The number of carbonyl (C=O) groups is 1. The van der Waals surface area contributed by atoms with Crippen LogP contribution in [0.3, 0.4) is 0 Å². The lowest BCUT2D eigenvalue weighted by Gasteiger charge is -2.15. The van der Waals surface area contributed by atoms with Crippen LogP contribution in [0.1, 0.15) is 16.7 Å². The van der Waals surface area contributed by atoms with Crippen LogP contribution < -0.4 is 10.1 Å². The van der Waals surface area contributed by atoms with Crippen molar-refractivity contribution < 1.29 is 19.0 Å². The smallest absolute Gasteiger partial charge is 0.246 e. The Bertz CT molecular complexity index is 969. The van der Waals surface area contributed by atoms with Gasteiger partial charge in [0.15, 0.2) is 0 Å². The van der Waals surface area contributed by atoms with E-state index in [0.717, 1.165) is 0 Å². The first-order chi connectivity index (χ1) is 14.1. The first kappa shape index (κ1) is 20.8. The molecular weight excluding hydrogens is 394 g/mol. The van der Waals surface area contributed by atoms with Gasteiger partial charge in [-0.2, -0.15) is 5.26 Å². The summed E-state index contributed by atoms with van der Waals surface area (Å²) in [6, 6.07) is 12.7. The van der Waals surface area contributed by atoms with E-state index in [1.165, 1.54) is 0 Å². The predicted octanol–water partition coefficient (Wildman–Crippen LogP) is 3.04. The van der Waals surface area contributed by atoms with Gasteiger partial charge < -0.3 is 19.5 Å². The van der Waals surface area contributed by atoms with Crippen LogP contribution in [0.2, 0.25) is 5.02 Å². The number of nitriles is 1. The zero-order valence-electron chi connectivity index (χ0n) is 15.9. The molecule has 0 bridgehead atoms. The van der Waals surface area contributed by atoms with E-state index in [1.807, 2.05) is 18.2 Å². The van der Waals surface area contributed by atoms with E-state index < -0.39 is 0 Å². The summed E-state index contributed by atoms with van der Waals surface area (Å²) in [7, 11) is 1.60. The number of ether oxygens (including phenoxy) is 3. The number of hydrogen-bond donors (Lipinski definition) is 1. The van der Waals surface area contributed by atoms with Gasteiger partial charge in [0.05, 0.1) is 36.8 Å². The summed E-state index contributed by atoms with van der Waals surface area (Å²) in [5, 5.41) is 12.9. The van der Waals surface area contributed by atoms with Crippen molar-refractivity contribution in [2.75, 3.05) is 45.4 Å². The van der Waals surface area contributed by atoms with Gasteiger partial charge in [-0.15, -0.1) is 0 Å². The molecule has 0 saturated carbocycles. The van der Waals surface area contributed by atoms with Crippen LogP contribution in [-0.4, -0.2) is 51.7 Å². The lowest BCUT2D eigenvalue weighted by molar-refractivity contribution is -0.114. The molecule has 0 unspecified atom stereocenters. The Morgan fingerprint density at radius 2 is 1.97 bits per heavy atom. The number of carbonyl (C=O) groups excluding carboxylic acids is 1. The lowest BCUT2D eigenvalue weighted by atomic mass is 9.98. The van der Waals surface area contributed by atoms with Crippen molar-refractivity contribution in [2.45, 2.75) is 0 Å². The van der Waals surface area contributed by atoms with E-state index in [-0.39, 0.29) is 19.1 Å². The lowest BCUT2D eigenvalue weighted by Crippen LogP contribution is -2.14. The maximum Gasteiger partial charge on any atom is 0.246 e. The molecule has 0 aromatic heterocycles. The second kappa shape index (κ2) is 10.0. The van der Waals surface area contributed by atoms with Crippen LogP contribution in [0.25, 0.3) is 0 Å². The molecule has 3 rings (SSSR count). The summed E-state index contributed by atoms with van der Waals surface area (Å²) in [6.45, 7) is 1.53. The van der Waals surface area contributed by atoms with Crippen LogP contribution in [0.4, 0.5) is 5.69 Å². The minimum absolute atomic E-state index is 0.0410. The first-order valence-corrected chi connectivity index (χ1v) is 9.39. The molecule has 2 aromatic carbocycles. The molecule has 1 aliphatic heterocycles. The standard InChI is InChI=1S/C21H20ClN3O4/c1-27-6-7-28-8-9-29-19-11-18-16(10-14(19)12-23)21(24-13-20(26)25-18)15-4-2-3-5-17(15)22/h2-5,10-11H,6-9,13H2,1H3,(H,25,26). The number of nitrogens with one attached hydrogen (secondary N) is 1. The fourth-order valence-electron chi connectivity index (χ4n) is 2.85. The zero-order valence-corrected chi connectivity index (χ0v) is 16.7. The van der Waals surface area contributed by atoms with E-state index in [9.17, 15) is 10.1 Å². The van der Waals surface area contributed by atoms with Crippen molar-refractivity contribution in [3.8, 4) is 11.8 Å². The van der Waals surface area contributed by atoms with Gasteiger partial charge in [0.1, 0.15) is 25.0 Å². The molecule has 0 fully saturated rings. The summed E-state index contributed by atoms with van der Waals surface area (Å²) in [4.78, 5) is 16.6. The van der Waals surface area contributed by atoms with E-state index in [4.69, 9.17) is 25.8 Å². The number of fused-ring (bicyclic) bond motifs is 1. The highest BCUT2D eigenvalue weighted by Gasteiger charge is 2.22. The molecule has 8 heteroatoms. The van der Waals surface area contributed by atoms with E-state index >= 15 is 0 Å². The summed E-state index contributed by atoms with van der Waals surface area (Å²) >= 11 is 6.34. The fraction of sp³-hybridized carbons (Fsp3) is 0.286. The Balaban J connectivity index is 1.90.